The second kappa shape index (κ2) is 11.6. The van der Waals surface area contributed by atoms with Crippen molar-refractivity contribution in [1.29, 1.82) is 0 Å². The molecule has 0 heterocycles. The Hall–Kier alpha value is -1.43. The fourth-order valence-corrected chi connectivity index (χ4v) is 0.290. The monoisotopic (exact) mass is 207 g/mol. The third-order valence-corrected chi connectivity index (χ3v) is 0.558. The Morgan fingerprint density at radius 2 is 1.64 bits per heavy atom. The molecule has 0 spiro atoms. The molecule has 0 aromatic heterocycles. The SMILES string of the molecule is C.CC(=O)OC(C)=O.CC(N)OC=O. The Morgan fingerprint density at radius 1 is 1.29 bits per heavy atom. The number of carbonyl (C=O) groups is 3. The fraction of sp³-hybridized carbons (Fsp3) is 0.625. The van der Waals surface area contributed by atoms with Crippen molar-refractivity contribution in [1.82, 2.24) is 0 Å². The lowest BCUT2D eigenvalue weighted by Gasteiger charge is -1.96. The van der Waals surface area contributed by atoms with Crippen molar-refractivity contribution in [2.24, 2.45) is 5.73 Å². The average Bonchev–Trinajstić information content (AvgIpc) is 1.83. The molecule has 0 aliphatic heterocycles. The van der Waals surface area contributed by atoms with E-state index in [9.17, 15) is 14.4 Å². The number of rotatable bonds is 2. The van der Waals surface area contributed by atoms with Crippen molar-refractivity contribution < 1.29 is 23.9 Å². The minimum absolute atomic E-state index is 0. The van der Waals surface area contributed by atoms with Gasteiger partial charge in [0.2, 0.25) is 0 Å². The zero-order valence-corrected chi connectivity index (χ0v) is 7.77. The van der Waals surface area contributed by atoms with Crippen molar-refractivity contribution in [3.8, 4) is 0 Å². The summed E-state index contributed by atoms with van der Waals surface area (Å²) < 4.78 is 8.11. The maximum Gasteiger partial charge on any atom is 0.310 e. The molecule has 0 radical (unpaired) electrons. The topological polar surface area (TPSA) is 95.7 Å². The van der Waals surface area contributed by atoms with E-state index in [0.29, 0.717) is 6.47 Å². The largest absolute Gasteiger partial charge is 0.449 e. The van der Waals surface area contributed by atoms with E-state index >= 15 is 0 Å². The summed E-state index contributed by atoms with van der Waals surface area (Å²) in [6, 6.07) is 0. The van der Waals surface area contributed by atoms with Crippen LogP contribution in [0.25, 0.3) is 0 Å². The highest BCUT2D eigenvalue weighted by Gasteiger charge is 1.93. The minimum atomic E-state index is -0.562. The number of nitrogens with two attached hydrogens (primary N) is 1. The van der Waals surface area contributed by atoms with Gasteiger partial charge in [-0.25, -0.2) is 0 Å². The first-order valence-electron chi connectivity index (χ1n) is 3.43. The van der Waals surface area contributed by atoms with Crippen LogP contribution in [0.3, 0.4) is 0 Å². The van der Waals surface area contributed by atoms with Crippen LogP contribution in [-0.4, -0.2) is 24.6 Å². The molecule has 84 valence electrons. The van der Waals surface area contributed by atoms with E-state index in [1.165, 1.54) is 13.8 Å². The van der Waals surface area contributed by atoms with Crippen LogP contribution in [-0.2, 0) is 23.9 Å². The third-order valence-electron chi connectivity index (χ3n) is 0.558. The van der Waals surface area contributed by atoms with Gasteiger partial charge in [0.05, 0.1) is 0 Å². The molecule has 0 aromatic carbocycles. The van der Waals surface area contributed by atoms with Gasteiger partial charge in [-0.05, 0) is 6.92 Å². The van der Waals surface area contributed by atoms with E-state index in [0.717, 1.165) is 0 Å². The van der Waals surface area contributed by atoms with Crippen LogP contribution in [0.5, 0.6) is 0 Å². The summed E-state index contributed by atoms with van der Waals surface area (Å²) in [5.74, 6) is -1.12. The maximum atomic E-state index is 9.81. The maximum absolute atomic E-state index is 9.81. The second-order valence-electron chi connectivity index (χ2n) is 2.02. The predicted octanol–water partition coefficient (Wildman–Crippen LogP) is 0.196. The molecule has 14 heavy (non-hydrogen) atoms. The highest BCUT2D eigenvalue weighted by atomic mass is 16.6. The molecule has 0 saturated heterocycles. The van der Waals surface area contributed by atoms with Gasteiger partial charge in [0.1, 0.15) is 6.23 Å². The molecule has 2 N–H and O–H groups in total. The molecular formula is C8H17NO5. The Balaban J connectivity index is -0.000000163. The van der Waals surface area contributed by atoms with Crippen LogP contribution < -0.4 is 5.73 Å². The van der Waals surface area contributed by atoms with Gasteiger partial charge in [-0.15, -0.1) is 0 Å². The number of ether oxygens (including phenoxy) is 2. The molecule has 6 heteroatoms. The molecule has 0 saturated carbocycles. The summed E-state index contributed by atoms with van der Waals surface area (Å²) in [5, 5.41) is 0. The van der Waals surface area contributed by atoms with Crippen LogP contribution >= 0.6 is 0 Å². The van der Waals surface area contributed by atoms with Gasteiger partial charge in [0.25, 0.3) is 6.47 Å². The summed E-state index contributed by atoms with van der Waals surface area (Å²) in [7, 11) is 0. The van der Waals surface area contributed by atoms with Gasteiger partial charge in [-0.1, -0.05) is 7.43 Å². The van der Waals surface area contributed by atoms with Crippen molar-refractivity contribution in [3.05, 3.63) is 0 Å². The Kier molecular flexibility index (Phi) is 15.2. The van der Waals surface area contributed by atoms with Crippen molar-refractivity contribution in [2.75, 3.05) is 0 Å². The van der Waals surface area contributed by atoms with Gasteiger partial charge < -0.3 is 9.47 Å². The predicted molar refractivity (Wildman–Crippen MR) is 50.0 cm³/mol. The molecular weight excluding hydrogens is 190 g/mol. The Morgan fingerprint density at radius 3 is 1.64 bits per heavy atom. The first-order valence-corrected chi connectivity index (χ1v) is 3.43. The smallest absolute Gasteiger partial charge is 0.310 e. The quantitative estimate of drug-likeness (QED) is 0.300. The van der Waals surface area contributed by atoms with E-state index in [1.807, 2.05) is 0 Å². The van der Waals surface area contributed by atoms with Crippen LogP contribution in [0.15, 0.2) is 0 Å². The molecule has 0 rings (SSSR count). The first kappa shape index (κ1) is 18.4. The minimum Gasteiger partial charge on any atom is -0.449 e. The zero-order valence-electron chi connectivity index (χ0n) is 7.77. The van der Waals surface area contributed by atoms with Gasteiger partial charge in [-0.2, -0.15) is 0 Å². The summed E-state index contributed by atoms with van der Waals surface area (Å²) in [6.07, 6.45) is -0.470. The molecule has 1 atom stereocenters. The van der Waals surface area contributed by atoms with Crippen LogP contribution in [0.2, 0.25) is 0 Å². The second-order valence-corrected chi connectivity index (χ2v) is 2.02. The highest BCUT2D eigenvalue weighted by molar-refractivity contribution is 5.82. The third kappa shape index (κ3) is 31.2. The van der Waals surface area contributed by atoms with Crippen molar-refractivity contribution in [3.63, 3.8) is 0 Å². The van der Waals surface area contributed by atoms with Crippen LogP contribution in [0.4, 0.5) is 0 Å². The number of hydrogen-bond donors (Lipinski definition) is 1. The first-order chi connectivity index (χ1) is 5.90. The van der Waals surface area contributed by atoms with Crippen LogP contribution in [0.1, 0.15) is 28.2 Å². The average molecular weight is 207 g/mol. The summed E-state index contributed by atoms with van der Waals surface area (Å²) in [5.41, 5.74) is 4.95. The summed E-state index contributed by atoms with van der Waals surface area (Å²) in [6.45, 7) is 4.27. The van der Waals surface area contributed by atoms with Gasteiger partial charge in [0.15, 0.2) is 0 Å². The van der Waals surface area contributed by atoms with E-state index in [1.54, 1.807) is 6.92 Å². The van der Waals surface area contributed by atoms with E-state index < -0.39 is 18.2 Å². The van der Waals surface area contributed by atoms with Crippen LogP contribution in [0, 0.1) is 0 Å². The molecule has 0 aromatic rings. The highest BCUT2D eigenvalue weighted by Crippen LogP contribution is 1.73. The standard InChI is InChI=1S/C4H6O3.C3H7NO2.CH4/c1-3(5)7-4(2)6;1-3(4)6-2-5;/h1-2H3;2-3H,4H2,1H3;1H4. The molecule has 0 aliphatic carbocycles. The number of carbonyl (C=O) groups excluding carboxylic acids is 3. The van der Waals surface area contributed by atoms with Gasteiger partial charge in [0, 0.05) is 13.8 Å². The molecule has 6 nitrogen and oxygen atoms in total. The summed E-state index contributed by atoms with van der Waals surface area (Å²) >= 11 is 0. The number of hydrogen-bond acceptors (Lipinski definition) is 6. The van der Waals surface area contributed by atoms with E-state index in [-0.39, 0.29) is 7.43 Å². The zero-order chi connectivity index (χ0) is 10.9. The molecule has 1 unspecified atom stereocenters. The van der Waals surface area contributed by atoms with E-state index in [2.05, 4.69) is 9.47 Å². The Bertz CT molecular complexity index is 167. The van der Waals surface area contributed by atoms with E-state index in [4.69, 9.17) is 5.73 Å². The van der Waals surface area contributed by atoms with Crippen molar-refractivity contribution in [2.45, 2.75) is 34.4 Å². The molecule has 0 bridgehead atoms. The normalized spacial score (nSPS) is 9.43. The molecule has 0 fully saturated rings. The molecule has 0 amide bonds. The van der Waals surface area contributed by atoms with Gasteiger partial charge >= 0.3 is 11.9 Å². The lowest BCUT2D eigenvalue weighted by molar-refractivity contribution is -0.156. The summed E-state index contributed by atoms with van der Waals surface area (Å²) in [4.78, 5) is 28.9. The number of esters is 2. The lowest BCUT2D eigenvalue weighted by Crippen LogP contribution is -2.17. The fourth-order valence-electron chi connectivity index (χ4n) is 0.290. The molecule has 0 aliphatic rings. The van der Waals surface area contributed by atoms with Gasteiger partial charge in [-0.3, -0.25) is 20.1 Å². The van der Waals surface area contributed by atoms with Crippen molar-refractivity contribution >= 4 is 18.4 Å². The Labute approximate surface area is 83.4 Å². The lowest BCUT2D eigenvalue weighted by atomic mass is 10.7.